The first kappa shape index (κ1) is 19.9. The van der Waals surface area contributed by atoms with Crippen LogP contribution in [0.3, 0.4) is 0 Å². The SMILES string of the molecule is O=C1CN(C(=O)C2CCC(=O)N(C3CCCC3)C2)CCN1Cc1cccc(F)c1. The first-order valence-corrected chi connectivity index (χ1v) is 10.6. The summed E-state index contributed by atoms with van der Waals surface area (Å²) in [5.74, 6) is -0.497. The molecule has 3 fully saturated rings. The van der Waals surface area contributed by atoms with Gasteiger partial charge in [0.25, 0.3) is 0 Å². The molecule has 1 saturated carbocycles. The van der Waals surface area contributed by atoms with Crippen LogP contribution in [-0.4, -0.2) is 64.6 Å². The minimum absolute atomic E-state index is 0.0146. The van der Waals surface area contributed by atoms with Crippen molar-refractivity contribution >= 4 is 17.7 Å². The van der Waals surface area contributed by atoms with Gasteiger partial charge >= 0.3 is 0 Å². The Morgan fingerprint density at radius 1 is 1.07 bits per heavy atom. The molecule has 1 aliphatic carbocycles. The lowest BCUT2D eigenvalue weighted by Gasteiger charge is -2.40. The molecule has 0 N–H and O–H groups in total. The Labute approximate surface area is 170 Å². The van der Waals surface area contributed by atoms with Crippen LogP contribution in [0.25, 0.3) is 0 Å². The maximum Gasteiger partial charge on any atom is 0.242 e. The molecule has 1 unspecified atom stereocenters. The normalized spacial score (nSPS) is 23.8. The number of nitrogens with zero attached hydrogens (tertiary/aromatic N) is 3. The average molecular weight is 401 g/mol. The van der Waals surface area contributed by atoms with Crippen LogP contribution in [0.5, 0.6) is 0 Å². The number of piperidine rings is 1. The largest absolute Gasteiger partial charge is 0.339 e. The van der Waals surface area contributed by atoms with E-state index in [9.17, 15) is 18.8 Å². The summed E-state index contributed by atoms with van der Waals surface area (Å²) in [6.45, 7) is 1.82. The number of rotatable bonds is 4. The molecule has 4 rings (SSSR count). The second kappa shape index (κ2) is 8.51. The van der Waals surface area contributed by atoms with Crippen molar-refractivity contribution in [3.8, 4) is 0 Å². The molecule has 29 heavy (non-hydrogen) atoms. The number of halogens is 1. The number of hydrogen-bond acceptors (Lipinski definition) is 3. The van der Waals surface area contributed by atoms with Crippen molar-refractivity contribution < 1.29 is 18.8 Å². The number of piperazine rings is 1. The van der Waals surface area contributed by atoms with E-state index in [1.54, 1.807) is 21.9 Å². The minimum Gasteiger partial charge on any atom is -0.339 e. The summed E-state index contributed by atoms with van der Waals surface area (Å²) in [7, 11) is 0. The van der Waals surface area contributed by atoms with Crippen LogP contribution in [-0.2, 0) is 20.9 Å². The molecular weight excluding hydrogens is 373 g/mol. The van der Waals surface area contributed by atoms with E-state index < -0.39 is 0 Å². The third-order valence-corrected chi connectivity index (χ3v) is 6.45. The molecule has 2 aliphatic heterocycles. The van der Waals surface area contributed by atoms with Gasteiger partial charge in [-0.2, -0.15) is 0 Å². The molecule has 6 nitrogen and oxygen atoms in total. The van der Waals surface area contributed by atoms with Gasteiger partial charge in [0.15, 0.2) is 0 Å². The number of amides is 3. The molecule has 0 radical (unpaired) electrons. The van der Waals surface area contributed by atoms with Gasteiger partial charge in [0.05, 0.1) is 12.5 Å². The topological polar surface area (TPSA) is 60.9 Å². The maximum atomic E-state index is 13.4. The highest BCUT2D eigenvalue weighted by molar-refractivity contribution is 5.88. The average Bonchev–Trinajstić information content (AvgIpc) is 3.24. The van der Waals surface area contributed by atoms with E-state index in [2.05, 4.69) is 0 Å². The second-order valence-electron chi connectivity index (χ2n) is 8.42. The third kappa shape index (κ3) is 4.43. The minimum atomic E-state index is -0.317. The van der Waals surface area contributed by atoms with Crippen LogP contribution < -0.4 is 0 Å². The van der Waals surface area contributed by atoms with Gasteiger partial charge in [-0.1, -0.05) is 25.0 Å². The summed E-state index contributed by atoms with van der Waals surface area (Å²) in [4.78, 5) is 43.2. The van der Waals surface area contributed by atoms with Crippen molar-refractivity contribution in [2.24, 2.45) is 5.92 Å². The highest BCUT2D eigenvalue weighted by Crippen LogP contribution is 2.29. The van der Waals surface area contributed by atoms with Gasteiger partial charge in [-0.25, -0.2) is 4.39 Å². The van der Waals surface area contributed by atoms with E-state index in [1.165, 1.54) is 12.1 Å². The molecule has 156 valence electrons. The van der Waals surface area contributed by atoms with Crippen LogP contribution in [0.1, 0.15) is 44.1 Å². The zero-order valence-corrected chi connectivity index (χ0v) is 16.7. The lowest BCUT2D eigenvalue weighted by Crippen LogP contribution is -2.55. The predicted octanol–water partition coefficient (Wildman–Crippen LogP) is 2.18. The Morgan fingerprint density at radius 2 is 1.86 bits per heavy atom. The molecule has 0 aromatic heterocycles. The van der Waals surface area contributed by atoms with E-state index in [1.807, 2.05) is 4.90 Å². The van der Waals surface area contributed by atoms with E-state index >= 15 is 0 Å². The highest BCUT2D eigenvalue weighted by Gasteiger charge is 2.38. The van der Waals surface area contributed by atoms with Crippen molar-refractivity contribution in [2.45, 2.75) is 51.1 Å². The van der Waals surface area contributed by atoms with Gasteiger partial charge in [0, 0.05) is 38.6 Å². The summed E-state index contributed by atoms with van der Waals surface area (Å²) in [6.07, 6.45) is 5.34. The molecule has 0 bridgehead atoms. The molecule has 0 spiro atoms. The zero-order chi connectivity index (χ0) is 20.4. The van der Waals surface area contributed by atoms with Gasteiger partial charge in [-0.05, 0) is 37.0 Å². The molecule has 3 amide bonds. The summed E-state index contributed by atoms with van der Waals surface area (Å²) in [5.41, 5.74) is 0.746. The molecule has 3 aliphatic rings. The van der Waals surface area contributed by atoms with Gasteiger partial charge < -0.3 is 14.7 Å². The van der Waals surface area contributed by atoms with Crippen molar-refractivity contribution in [2.75, 3.05) is 26.2 Å². The van der Waals surface area contributed by atoms with Crippen LogP contribution in [0, 0.1) is 11.7 Å². The quantitative estimate of drug-likeness (QED) is 0.777. The number of likely N-dealkylation sites (tertiary alicyclic amines) is 1. The number of hydrogen-bond donors (Lipinski definition) is 0. The lowest BCUT2D eigenvalue weighted by atomic mass is 9.94. The smallest absolute Gasteiger partial charge is 0.242 e. The van der Waals surface area contributed by atoms with Crippen LogP contribution in [0.15, 0.2) is 24.3 Å². The zero-order valence-electron chi connectivity index (χ0n) is 16.7. The van der Waals surface area contributed by atoms with Gasteiger partial charge in [0.1, 0.15) is 5.82 Å². The van der Waals surface area contributed by atoms with Gasteiger partial charge in [-0.3, -0.25) is 14.4 Å². The monoisotopic (exact) mass is 401 g/mol. The first-order valence-electron chi connectivity index (χ1n) is 10.6. The third-order valence-electron chi connectivity index (χ3n) is 6.45. The van der Waals surface area contributed by atoms with E-state index in [-0.39, 0.29) is 42.0 Å². The standard InChI is InChI=1S/C22H28FN3O3/c23-18-5-3-4-16(12-18)13-24-10-11-25(15-21(24)28)22(29)17-8-9-20(27)26(14-17)19-6-1-2-7-19/h3-5,12,17,19H,1-2,6-11,13-15H2. The summed E-state index contributed by atoms with van der Waals surface area (Å²) < 4.78 is 13.4. The Hall–Kier alpha value is -2.44. The maximum absolute atomic E-state index is 13.4. The molecule has 7 heteroatoms. The Bertz CT molecular complexity index is 793. The van der Waals surface area contributed by atoms with Crippen LogP contribution >= 0.6 is 0 Å². The van der Waals surface area contributed by atoms with E-state index in [4.69, 9.17) is 0 Å². The van der Waals surface area contributed by atoms with Crippen molar-refractivity contribution in [3.63, 3.8) is 0 Å². The second-order valence-corrected chi connectivity index (χ2v) is 8.42. The molecule has 2 heterocycles. The molecule has 1 aromatic rings. The van der Waals surface area contributed by atoms with Gasteiger partial charge in [0.2, 0.25) is 17.7 Å². The van der Waals surface area contributed by atoms with Crippen LogP contribution in [0.4, 0.5) is 4.39 Å². The predicted molar refractivity (Wildman–Crippen MR) is 105 cm³/mol. The summed E-state index contributed by atoms with van der Waals surface area (Å²) in [6, 6.07) is 6.52. The Balaban J connectivity index is 1.34. The molecule has 1 atom stereocenters. The summed E-state index contributed by atoms with van der Waals surface area (Å²) >= 11 is 0. The molecule has 2 saturated heterocycles. The Morgan fingerprint density at radius 3 is 2.59 bits per heavy atom. The van der Waals surface area contributed by atoms with Crippen LogP contribution in [0.2, 0.25) is 0 Å². The number of carbonyl (C=O) groups excluding carboxylic acids is 3. The number of carbonyl (C=O) groups is 3. The van der Waals surface area contributed by atoms with Crippen molar-refractivity contribution in [3.05, 3.63) is 35.6 Å². The van der Waals surface area contributed by atoms with Crippen molar-refractivity contribution in [1.82, 2.24) is 14.7 Å². The fourth-order valence-corrected chi connectivity index (χ4v) is 4.82. The van der Waals surface area contributed by atoms with E-state index in [0.29, 0.717) is 39.0 Å². The first-order chi connectivity index (χ1) is 14.0. The fraction of sp³-hybridized carbons (Fsp3) is 0.591. The number of benzene rings is 1. The molecular formula is C22H28FN3O3. The van der Waals surface area contributed by atoms with Crippen molar-refractivity contribution in [1.29, 1.82) is 0 Å². The lowest BCUT2D eigenvalue weighted by molar-refractivity contribution is -0.151. The van der Waals surface area contributed by atoms with Gasteiger partial charge in [-0.15, -0.1) is 0 Å². The summed E-state index contributed by atoms with van der Waals surface area (Å²) in [5, 5.41) is 0. The fourth-order valence-electron chi connectivity index (χ4n) is 4.82. The molecule has 1 aromatic carbocycles. The highest BCUT2D eigenvalue weighted by atomic mass is 19.1. The van der Waals surface area contributed by atoms with E-state index in [0.717, 1.165) is 31.2 Å². The Kier molecular flexibility index (Phi) is 5.83.